The predicted octanol–water partition coefficient (Wildman–Crippen LogP) is 11.1. The highest BCUT2D eigenvalue weighted by molar-refractivity contribution is 7.80. The summed E-state index contributed by atoms with van der Waals surface area (Å²) in [6.45, 7) is 0. The SMILES string of the molecule is c1ccc(-c2nc(-c3ccccc3)nc(C3(c4ccc(N(c5ccccc5)c5ccccc5)cc4)c4ccccc4P(c4ccccc4)c4ccccc43)n2)cc1. The highest BCUT2D eigenvalue weighted by Gasteiger charge is 2.49. The van der Waals surface area contributed by atoms with Gasteiger partial charge in [0.05, 0.1) is 0 Å². The van der Waals surface area contributed by atoms with Crippen molar-refractivity contribution in [1.29, 1.82) is 0 Å². The van der Waals surface area contributed by atoms with Gasteiger partial charge in [0.2, 0.25) is 0 Å². The summed E-state index contributed by atoms with van der Waals surface area (Å²) in [5.74, 6) is 1.97. The maximum Gasteiger partial charge on any atom is 0.163 e. The van der Waals surface area contributed by atoms with Crippen LogP contribution in [0, 0.1) is 0 Å². The molecule has 2 heterocycles. The molecule has 8 aromatic carbocycles. The number of hydrogen-bond acceptors (Lipinski definition) is 4. The van der Waals surface area contributed by atoms with Crippen molar-refractivity contribution < 1.29 is 0 Å². The van der Waals surface area contributed by atoms with Crippen molar-refractivity contribution in [2.75, 3.05) is 4.90 Å². The van der Waals surface area contributed by atoms with Crippen LogP contribution >= 0.6 is 7.92 Å². The largest absolute Gasteiger partial charge is 0.311 e. The minimum Gasteiger partial charge on any atom is -0.311 e. The van der Waals surface area contributed by atoms with E-state index in [9.17, 15) is 0 Å². The van der Waals surface area contributed by atoms with E-state index in [-0.39, 0.29) is 0 Å². The molecule has 4 nitrogen and oxygen atoms in total. The summed E-state index contributed by atoms with van der Waals surface area (Å²) < 4.78 is 0. The van der Waals surface area contributed by atoms with Gasteiger partial charge in [0.15, 0.2) is 17.5 Å². The summed E-state index contributed by atoms with van der Waals surface area (Å²) in [7, 11) is -0.897. The molecular formula is C52H37N4P. The third-order valence-corrected chi connectivity index (χ3v) is 13.3. The van der Waals surface area contributed by atoms with Crippen LogP contribution in [0.5, 0.6) is 0 Å². The number of para-hydroxylation sites is 2. The van der Waals surface area contributed by atoms with Gasteiger partial charge in [0.25, 0.3) is 0 Å². The second-order valence-corrected chi connectivity index (χ2v) is 16.2. The Kier molecular flexibility index (Phi) is 9.02. The molecular weight excluding hydrogens is 712 g/mol. The molecule has 0 radical (unpaired) electrons. The molecule has 57 heavy (non-hydrogen) atoms. The lowest BCUT2D eigenvalue weighted by Crippen LogP contribution is -2.46. The van der Waals surface area contributed by atoms with Gasteiger partial charge >= 0.3 is 0 Å². The second-order valence-electron chi connectivity index (χ2n) is 14.0. The first kappa shape index (κ1) is 34.5. The Bertz CT molecular complexity index is 2640. The van der Waals surface area contributed by atoms with Gasteiger partial charge < -0.3 is 4.90 Å². The molecule has 0 amide bonds. The van der Waals surface area contributed by atoms with Gasteiger partial charge in [-0.1, -0.05) is 188 Å². The van der Waals surface area contributed by atoms with E-state index in [1.807, 2.05) is 36.4 Å². The highest BCUT2D eigenvalue weighted by Crippen LogP contribution is 2.53. The molecule has 9 aromatic rings. The van der Waals surface area contributed by atoms with Crippen LogP contribution in [0.1, 0.15) is 22.5 Å². The molecule has 0 saturated heterocycles. The molecule has 0 bridgehead atoms. The van der Waals surface area contributed by atoms with Crippen LogP contribution in [0.3, 0.4) is 0 Å². The normalized spacial score (nSPS) is 15.6. The third kappa shape index (κ3) is 6.12. The smallest absolute Gasteiger partial charge is 0.163 e. The topological polar surface area (TPSA) is 41.9 Å². The van der Waals surface area contributed by atoms with E-state index in [0.717, 1.165) is 33.8 Å². The van der Waals surface area contributed by atoms with E-state index in [1.54, 1.807) is 0 Å². The second kappa shape index (κ2) is 14.9. The van der Waals surface area contributed by atoms with E-state index >= 15 is 0 Å². The van der Waals surface area contributed by atoms with Crippen LogP contribution < -0.4 is 20.8 Å². The first-order valence-corrected chi connectivity index (χ1v) is 20.6. The molecule has 5 heteroatoms. The van der Waals surface area contributed by atoms with Crippen molar-refractivity contribution in [1.82, 2.24) is 15.0 Å². The van der Waals surface area contributed by atoms with Crippen LogP contribution in [0.4, 0.5) is 17.1 Å². The minimum atomic E-state index is -0.897. The Morgan fingerprint density at radius 2 is 0.737 bits per heavy atom. The summed E-state index contributed by atoms with van der Waals surface area (Å²) in [6, 6.07) is 79.5. The molecule has 0 atom stereocenters. The van der Waals surface area contributed by atoms with Crippen LogP contribution in [0.25, 0.3) is 22.8 Å². The fourth-order valence-corrected chi connectivity index (χ4v) is 10.9. The number of anilines is 3. The Morgan fingerprint density at radius 3 is 1.21 bits per heavy atom. The summed E-state index contributed by atoms with van der Waals surface area (Å²) in [4.78, 5) is 18.5. The maximum absolute atomic E-state index is 5.52. The molecule has 1 aliphatic rings. The summed E-state index contributed by atoms with van der Waals surface area (Å²) in [5.41, 5.74) is 7.66. The van der Waals surface area contributed by atoms with E-state index in [0.29, 0.717) is 17.5 Å². The molecule has 0 spiro atoms. The maximum atomic E-state index is 5.52. The molecule has 1 aliphatic heterocycles. The van der Waals surface area contributed by atoms with Crippen molar-refractivity contribution in [2.45, 2.75) is 5.41 Å². The van der Waals surface area contributed by atoms with Gasteiger partial charge in [0.1, 0.15) is 5.41 Å². The van der Waals surface area contributed by atoms with E-state index in [2.05, 4.69) is 193 Å². The van der Waals surface area contributed by atoms with Crippen molar-refractivity contribution in [2.24, 2.45) is 0 Å². The Balaban J connectivity index is 1.28. The summed E-state index contributed by atoms with van der Waals surface area (Å²) in [6.07, 6.45) is 0. The first-order chi connectivity index (χ1) is 28.3. The summed E-state index contributed by atoms with van der Waals surface area (Å²) >= 11 is 0. The van der Waals surface area contributed by atoms with E-state index in [1.165, 1.54) is 27.0 Å². The zero-order chi connectivity index (χ0) is 38.0. The fourth-order valence-electron chi connectivity index (χ4n) is 8.22. The van der Waals surface area contributed by atoms with Crippen molar-refractivity contribution in [3.63, 3.8) is 0 Å². The van der Waals surface area contributed by atoms with Crippen LogP contribution in [0.2, 0.25) is 0 Å². The van der Waals surface area contributed by atoms with Gasteiger partial charge in [-0.15, -0.1) is 0 Å². The van der Waals surface area contributed by atoms with Crippen LogP contribution in [-0.2, 0) is 5.41 Å². The van der Waals surface area contributed by atoms with Crippen molar-refractivity contribution in [3.05, 3.63) is 247 Å². The number of aromatic nitrogens is 3. The van der Waals surface area contributed by atoms with Gasteiger partial charge in [-0.05, 0) is 76.9 Å². The molecule has 1 aromatic heterocycles. The number of rotatable bonds is 8. The average molecular weight is 749 g/mol. The van der Waals surface area contributed by atoms with Gasteiger partial charge in [0, 0.05) is 28.2 Å². The van der Waals surface area contributed by atoms with Gasteiger partial charge in [-0.3, -0.25) is 0 Å². The minimum absolute atomic E-state index is 0.639. The molecule has 0 unspecified atom stereocenters. The number of benzene rings is 8. The molecule has 0 aliphatic carbocycles. The Labute approximate surface area is 334 Å². The predicted molar refractivity (Wildman–Crippen MR) is 236 cm³/mol. The van der Waals surface area contributed by atoms with E-state index in [4.69, 9.17) is 15.0 Å². The monoisotopic (exact) mass is 748 g/mol. The number of fused-ring (bicyclic) bond motifs is 2. The molecule has 0 N–H and O–H groups in total. The van der Waals surface area contributed by atoms with Gasteiger partial charge in [-0.2, -0.15) is 0 Å². The Morgan fingerprint density at radius 1 is 0.351 bits per heavy atom. The lowest BCUT2D eigenvalue weighted by molar-refractivity contribution is 0.681. The van der Waals surface area contributed by atoms with Gasteiger partial charge in [-0.25, -0.2) is 15.0 Å². The number of nitrogens with zero attached hydrogens (tertiary/aromatic N) is 4. The average Bonchev–Trinajstić information content (AvgIpc) is 3.30. The zero-order valence-corrected chi connectivity index (χ0v) is 32.0. The fraction of sp³-hybridized carbons (Fsp3) is 0.0192. The van der Waals surface area contributed by atoms with Crippen LogP contribution in [0.15, 0.2) is 224 Å². The lowest BCUT2D eigenvalue weighted by Gasteiger charge is -2.43. The molecule has 270 valence electrons. The quantitative estimate of drug-likeness (QED) is 0.145. The van der Waals surface area contributed by atoms with Crippen molar-refractivity contribution >= 4 is 40.9 Å². The standard InChI is InChI=1S/C52H37N4P/c1-6-20-38(21-7-1)49-53-50(39-22-8-2-9-23-39)55-51(54-49)52(40-34-36-43(37-35-40)56(41-24-10-3-11-25-41)42-26-12-4-13-27-42)45-30-16-18-32-47(45)57(44-28-14-5-15-29-44)48-33-19-17-31-46(48)52/h1-37H. The number of hydrogen-bond donors (Lipinski definition) is 0. The zero-order valence-electron chi connectivity index (χ0n) is 31.1. The third-order valence-electron chi connectivity index (χ3n) is 10.7. The summed E-state index contributed by atoms with van der Waals surface area (Å²) in [5, 5.41) is 3.89. The van der Waals surface area contributed by atoms with Crippen LogP contribution in [-0.4, -0.2) is 15.0 Å². The molecule has 0 saturated carbocycles. The Hall–Kier alpha value is -7.00. The van der Waals surface area contributed by atoms with E-state index < -0.39 is 13.3 Å². The molecule has 10 rings (SSSR count). The van der Waals surface area contributed by atoms with Crippen molar-refractivity contribution in [3.8, 4) is 22.8 Å². The molecule has 0 fully saturated rings. The lowest BCUT2D eigenvalue weighted by atomic mass is 9.68. The highest BCUT2D eigenvalue weighted by atomic mass is 31.1. The first-order valence-electron chi connectivity index (χ1n) is 19.2.